The van der Waals surface area contributed by atoms with E-state index >= 15 is 0 Å². The van der Waals surface area contributed by atoms with Crippen molar-refractivity contribution in [1.82, 2.24) is 35.8 Å². The molecule has 212 valence electrons. The Bertz CT molecular complexity index is 1400. The number of benzene rings is 1. The predicted octanol–water partition coefficient (Wildman–Crippen LogP) is -1.74. The van der Waals surface area contributed by atoms with Crippen molar-refractivity contribution in [1.29, 1.82) is 0 Å². The molecule has 2 aromatic heterocycles. The zero-order chi connectivity index (χ0) is 28.9. The van der Waals surface area contributed by atoms with Crippen LogP contribution in [0.1, 0.15) is 23.3 Å². The van der Waals surface area contributed by atoms with Gasteiger partial charge in [0.1, 0.15) is 12.3 Å². The van der Waals surface area contributed by atoms with E-state index in [1.807, 2.05) is 0 Å². The molecule has 0 unspecified atom stereocenters. The summed E-state index contributed by atoms with van der Waals surface area (Å²) in [4.78, 5) is 37.4. The van der Waals surface area contributed by atoms with E-state index in [9.17, 15) is 29.7 Å². The van der Waals surface area contributed by atoms with Crippen molar-refractivity contribution in [3.05, 3.63) is 36.2 Å². The van der Waals surface area contributed by atoms with Crippen LogP contribution < -0.4 is 26.0 Å². The quantitative estimate of drug-likeness (QED) is 0.115. The average molecular weight is 558 g/mol. The molecule has 40 heavy (non-hydrogen) atoms. The normalized spacial score (nSPS) is 12.9. The monoisotopic (exact) mass is 557 g/mol. The predicted molar refractivity (Wildman–Crippen MR) is 136 cm³/mol. The standard InChI is InChI=1S/C23H27N9O8/c1-40-20-13(16-10-25-32(31-16)8-7-24-18(34)11-33)3-2-4-14(20)26-15-9-17(27-21(35)12-5-6-12)29-30-19(15)22(36)28-23(37,38)39/h2-4,9-10,12,33,37-39H,5-8,11H2,1H3,(H,24,34)(H,28,36)(H2,26,27,29,35). The third-order valence-electron chi connectivity index (χ3n) is 5.57. The summed E-state index contributed by atoms with van der Waals surface area (Å²) >= 11 is 0. The van der Waals surface area contributed by atoms with Gasteiger partial charge in [-0.15, -0.1) is 10.2 Å². The van der Waals surface area contributed by atoms with Gasteiger partial charge in [-0.3, -0.25) is 19.7 Å². The molecule has 0 spiro atoms. The summed E-state index contributed by atoms with van der Waals surface area (Å²) in [5.74, 6) is -1.77. The third-order valence-corrected chi connectivity index (χ3v) is 5.57. The van der Waals surface area contributed by atoms with Gasteiger partial charge in [0.15, 0.2) is 17.3 Å². The smallest absolute Gasteiger partial charge is 0.369 e. The van der Waals surface area contributed by atoms with Gasteiger partial charge in [-0.25, -0.2) is 0 Å². The highest BCUT2D eigenvalue weighted by molar-refractivity contribution is 6.00. The molecule has 0 saturated heterocycles. The minimum atomic E-state index is -3.51. The average Bonchev–Trinajstić information content (AvgIpc) is 3.66. The van der Waals surface area contributed by atoms with Crippen LogP contribution in [-0.4, -0.2) is 89.7 Å². The summed E-state index contributed by atoms with van der Waals surface area (Å²) in [6, 6.07) is 6.32. The number of rotatable bonds is 12. The number of anilines is 3. The molecule has 1 saturated carbocycles. The van der Waals surface area contributed by atoms with Gasteiger partial charge in [-0.1, -0.05) is 6.07 Å². The minimum Gasteiger partial charge on any atom is -0.494 e. The first-order valence-corrected chi connectivity index (χ1v) is 12.0. The second kappa shape index (κ2) is 12.0. The number of ether oxygens (including phenoxy) is 1. The fourth-order valence-electron chi connectivity index (χ4n) is 3.58. The highest BCUT2D eigenvalue weighted by atomic mass is 16.7. The maximum absolute atomic E-state index is 12.6. The Balaban J connectivity index is 1.63. The Hall–Kier alpha value is -4.71. The second-order valence-electron chi connectivity index (χ2n) is 8.69. The van der Waals surface area contributed by atoms with Crippen LogP contribution in [0.3, 0.4) is 0 Å². The maximum Gasteiger partial charge on any atom is 0.369 e. The number of methoxy groups -OCH3 is 1. The molecule has 1 aliphatic carbocycles. The number of nitrogens with zero attached hydrogens (tertiary/aromatic N) is 5. The van der Waals surface area contributed by atoms with Gasteiger partial charge < -0.3 is 41.1 Å². The number of hydrogen-bond donors (Lipinski definition) is 8. The number of carbonyl (C=O) groups excluding carboxylic acids is 3. The van der Waals surface area contributed by atoms with Crippen LogP contribution >= 0.6 is 0 Å². The maximum atomic E-state index is 12.6. The molecule has 3 amide bonds. The highest BCUT2D eigenvalue weighted by Crippen LogP contribution is 2.37. The van der Waals surface area contributed by atoms with Crippen LogP contribution in [0.15, 0.2) is 30.5 Å². The molecule has 4 rings (SSSR count). The molecule has 3 aromatic rings. The fraction of sp³-hybridized carbons (Fsp3) is 0.348. The summed E-state index contributed by atoms with van der Waals surface area (Å²) < 4.78 is 5.60. The van der Waals surface area contributed by atoms with Crippen molar-refractivity contribution in [2.75, 3.05) is 30.9 Å². The van der Waals surface area contributed by atoms with E-state index in [1.165, 1.54) is 24.2 Å². The van der Waals surface area contributed by atoms with Crippen LogP contribution in [0.5, 0.6) is 5.75 Å². The second-order valence-corrected chi connectivity index (χ2v) is 8.69. The number of para-hydroxylation sites is 1. The Kier molecular flexibility index (Phi) is 8.49. The fourth-order valence-corrected chi connectivity index (χ4v) is 3.58. The SMILES string of the molecule is COc1c(Nc2cc(NC(=O)C3CC3)nnc2C(=O)NC(O)(O)O)cccc1-c1cnn(CCNC(=O)CO)n1. The summed E-state index contributed by atoms with van der Waals surface area (Å²) in [7, 11) is 1.41. The van der Waals surface area contributed by atoms with Gasteiger partial charge in [0.25, 0.3) is 5.91 Å². The number of aliphatic hydroxyl groups excluding tert-OH is 1. The van der Waals surface area contributed by atoms with E-state index in [-0.39, 0.29) is 42.2 Å². The number of carbonyl (C=O) groups is 3. The Labute approximate surface area is 226 Å². The number of hydrogen-bond acceptors (Lipinski definition) is 13. The zero-order valence-electron chi connectivity index (χ0n) is 21.2. The van der Waals surface area contributed by atoms with E-state index in [0.717, 1.165) is 12.8 Å². The molecule has 0 aliphatic heterocycles. The van der Waals surface area contributed by atoms with E-state index in [4.69, 9.17) is 9.84 Å². The molecule has 0 bridgehead atoms. The van der Waals surface area contributed by atoms with Crippen LogP contribution in [0.4, 0.5) is 17.2 Å². The first kappa shape index (κ1) is 28.3. The molecular formula is C23H27N9O8. The highest BCUT2D eigenvalue weighted by Gasteiger charge is 2.31. The van der Waals surface area contributed by atoms with Crippen molar-refractivity contribution < 1.29 is 39.5 Å². The topological polar surface area (TPSA) is 246 Å². The summed E-state index contributed by atoms with van der Waals surface area (Å²) in [6.45, 7) is -0.187. The zero-order valence-corrected chi connectivity index (χ0v) is 21.2. The molecule has 8 N–H and O–H groups in total. The van der Waals surface area contributed by atoms with Crippen LogP contribution in [0.25, 0.3) is 11.3 Å². The van der Waals surface area contributed by atoms with Crippen LogP contribution in [0, 0.1) is 5.92 Å². The molecule has 0 radical (unpaired) electrons. The summed E-state index contributed by atoms with van der Waals surface area (Å²) in [5.41, 5.74) is 0.807. The van der Waals surface area contributed by atoms with Crippen molar-refractivity contribution in [3.63, 3.8) is 0 Å². The number of nitrogens with one attached hydrogen (secondary N) is 4. The van der Waals surface area contributed by atoms with Gasteiger partial charge in [0, 0.05) is 24.1 Å². The van der Waals surface area contributed by atoms with Crippen molar-refractivity contribution in [2.45, 2.75) is 25.5 Å². The van der Waals surface area contributed by atoms with E-state index in [2.05, 4.69) is 36.3 Å². The van der Waals surface area contributed by atoms with Gasteiger partial charge in [0.05, 0.1) is 31.2 Å². The Morgan fingerprint density at radius 1 is 1.15 bits per heavy atom. The largest absolute Gasteiger partial charge is 0.494 e. The van der Waals surface area contributed by atoms with Crippen LogP contribution in [0.2, 0.25) is 0 Å². The van der Waals surface area contributed by atoms with Gasteiger partial charge in [-0.2, -0.15) is 15.0 Å². The summed E-state index contributed by atoms with van der Waals surface area (Å²) in [5, 5.41) is 62.2. The summed E-state index contributed by atoms with van der Waals surface area (Å²) in [6.07, 6.45) is -0.527. The molecule has 17 nitrogen and oxygen atoms in total. The molecule has 1 aromatic carbocycles. The number of amides is 3. The molecule has 1 aliphatic rings. The lowest BCUT2D eigenvalue weighted by Crippen LogP contribution is -2.48. The van der Waals surface area contributed by atoms with Crippen molar-refractivity contribution >= 4 is 34.9 Å². The minimum absolute atomic E-state index is 0.0124. The van der Waals surface area contributed by atoms with E-state index in [1.54, 1.807) is 23.5 Å². The third kappa shape index (κ3) is 7.23. The van der Waals surface area contributed by atoms with Gasteiger partial charge >= 0.3 is 6.10 Å². The van der Waals surface area contributed by atoms with Crippen molar-refractivity contribution in [2.24, 2.45) is 5.92 Å². The Morgan fingerprint density at radius 2 is 1.93 bits per heavy atom. The van der Waals surface area contributed by atoms with Gasteiger partial charge in [0.2, 0.25) is 11.8 Å². The van der Waals surface area contributed by atoms with Crippen LogP contribution in [-0.2, 0) is 16.1 Å². The molecule has 0 atom stereocenters. The van der Waals surface area contributed by atoms with E-state index in [0.29, 0.717) is 16.9 Å². The Morgan fingerprint density at radius 3 is 2.60 bits per heavy atom. The van der Waals surface area contributed by atoms with E-state index < -0.39 is 30.2 Å². The molecular weight excluding hydrogens is 530 g/mol. The van der Waals surface area contributed by atoms with Crippen molar-refractivity contribution in [3.8, 4) is 17.0 Å². The molecule has 17 heteroatoms. The first-order chi connectivity index (χ1) is 19.1. The lowest BCUT2D eigenvalue weighted by Gasteiger charge is -2.18. The lowest BCUT2D eigenvalue weighted by atomic mass is 10.1. The lowest BCUT2D eigenvalue weighted by molar-refractivity contribution is -0.323. The van der Waals surface area contributed by atoms with Gasteiger partial charge in [-0.05, 0) is 25.0 Å². The molecule has 1 fully saturated rings. The number of aliphatic hydroxyl groups is 4. The molecule has 2 heterocycles. The first-order valence-electron chi connectivity index (χ1n) is 12.0. The number of aromatic nitrogens is 5.